The third kappa shape index (κ3) is 4.68. The zero-order valence-electron chi connectivity index (χ0n) is 12.6. The molecule has 2 N–H and O–H groups in total. The van der Waals surface area contributed by atoms with Crippen LogP contribution in [0.25, 0.3) is 0 Å². The Morgan fingerprint density at radius 3 is 2.32 bits per heavy atom. The van der Waals surface area contributed by atoms with Gasteiger partial charge in [-0.15, -0.1) is 0 Å². The zero-order chi connectivity index (χ0) is 18.6. The van der Waals surface area contributed by atoms with Gasteiger partial charge in [-0.1, -0.05) is 41.4 Å². The fourth-order valence-electron chi connectivity index (χ4n) is 2.23. The van der Waals surface area contributed by atoms with Crippen molar-refractivity contribution in [3.63, 3.8) is 0 Å². The molecule has 0 aromatic heterocycles. The summed E-state index contributed by atoms with van der Waals surface area (Å²) in [5.41, 5.74) is 0.0812. The first-order valence-electron chi connectivity index (χ1n) is 7.00. The van der Waals surface area contributed by atoms with Crippen molar-refractivity contribution in [1.82, 2.24) is 5.32 Å². The second-order valence-corrected chi connectivity index (χ2v) is 5.89. The SMILES string of the molecule is O=C(O)C[C@@H](NC(=O)c1c(Cl)cccc1Cl)c1cccc([N+](=O)[O-])c1. The second-order valence-electron chi connectivity index (χ2n) is 5.07. The predicted octanol–water partition coefficient (Wildman–Crippen LogP) is 3.85. The Kier molecular flexibility index (Phi) is 5.95. The van der Waals surface area contributed by atoms with Crippen LogP contribution in [0.1, 0.15) is 28.4 Å². The molecule has 2 aromatic carbocycles. The average molecular weight is 383 g/mol. The lowest BCUT2D eigenvalue weighted by Gasteiger charge is -2.18. The molecule has 1 atom stereocenters. The lowest BCUT2D eigenvalue weighted by molar-refractivity contribution is -0.384. The van der Waals surface area contributed by atoms with Crippen LogP contribution >= 0.6 is 23.2 Å². The van der Waals surface area contributed by atoms with E-state index < -0.39 is 29.3 Å². The highest BCUT2D eigenvalue weighted by Gasteiger charge is 2.23. The number of carboxylic acid groups (broad SMARTS) is 1. The van der Waals surface area contributed by atoms with E-state index in [4.69, 9.17) is 28.3 Å². The summed E-state index contributed by atoms with van der Waals surface area (Å²) in [4.78, 5) is 33.9. The van der Waals surface area contributed by atoms with Crippen LogP contribution < -0.4 is 5.32 Å². The molecule has 0 unspecified atom stereocenters. The van der Waals surface area contributed by atoms with Crippen molar-refractivity contribution in [2.45, 2.75) is 12.5 Å². The van der Waals surface area contributed by atoms with Crippen molar-refractivity contribution >= 4 is 40.8 Å². The third-order valence-corrected chi connectivity index (χ3v) is 3.99. The van der Waals surface area contributed by atoms with Crippen molar-refractivity contribution in [3.8, 4) is 0 Å². The molecule has 25 heavy (non-hydrogen) atoms. The topological polar surface area (TPSA) is 110 Å². The Hall–Kier alpha value is -2.64. The maximum atomic E-state index is 12.5. The number of nitrogens with one attached hydrogen (secondary N) is 1. The number of carboxylic acids is 1. The Morgan fingerprint density at radius 1 is 1.16 bits per heavy atom. The number of aliphatic carboxylic acids is 1. The number of nitro benzene ring substituents is 1. The number of carbonyl (C=O) groups is 2. The predicted molar refractivity (Wildman–Crippen MR) is 92.0 cm³/mol. The van der Waals surface area contributed by atoms with Gasteiger partial charge in [-0.3, -0.25) is 19.7 Å². The molecule has 0 saturated carbocycles. The first kappa shape index (κ1) is 18.7. The van der Waals surface area contributed by atoms with Gasteiger partial charge >= 0.3 is 5.97 Å². The molecule has 0 heterocycles. The van der Waals surface area contributed by atoms with Crippen LogP contribution in [0.15, 0.2) is 42.5 Å². The highest BCUT2D eigenvalue weighted by Crippen LogP contribution is 2.27. The van der Waals surface area contributed by atoms with E-state index in [1.807, 2.05) is 0 Å². The maximum absolute atomic E-state index is 12.5. The van der Waals surface area contributed by atoms with Crippen molar-refractivity contribution in [2.24, 2.45) is 0 Å². The fourth-order valence-corrected chi connectivity index (χ4v) is 2.80. The van der Waals surface area contributed by atoms with E-state index in [-0.39, 0.29) is 26.9 Å². The largest absolute Gasteiger partial charge is 0.481 e. The normalized spacial score (nSPS) is 11.6. The van der Waals surface area contributed by atoms with E-state index in [1.165, 1.54) is 36.4 Å². The number of nitro groups is 1. The first-order valence-corrected chi connectivity index (χ1v) is 7.76. The van der Waals surface area contributed by atoms with Gasteiger partial charge in [-0.2, -0.15) is 0 Å². The minimum atomic E-state index is -1.18. The second kappa shape index (κ2) is 7.96. The molecule has 0 radical (unpaired) electrons. The molecule has 0 aliphatic rings. The Bertz CT molecular complexity index is 821. The number of carbonyl (C=O) groups excluding carboxylic acids is 1. The summed E-state index contributed by atoms with van der Waals surface area (Å²) in [6.45, 7) is 0. The van der Waals surface area contributed by atoms with E-state index in [1.54, 1.807) is 6.07 Å². The Balaban J connectivity index is 2.35. The molecule has 0 bridgehead atoms. The van der Waals surface area contributed by atoms with Gasteiger partial charge in [0.1, 0.15) is 0 Å². The molecule has 9 heteroatoms. The minimum absolute atomic E-state index is 0.00616. The molecule has 0 aliphatic carbocycles. The zero-order valence-corrected chi connectivity index (χ0v) is 14.1. The average Bonchev–Trinajstić information content (AvgIpc) is 2.53. The standard InChI is InChI=1S/C16H12Cl2N2O5/c17-11-5-2-6-12(18)15(11)16(23)19-13(8-14(21)22)9-3-1-4-10(7-9)20(24)25/h1-7,13H,8H2,(H,19,23)(H,21,22)/t13-/m1/s1. The van der Waals surface area contributed by atoms with E-state index in [2.05, 4.69) is 5.32 Å². The number of rotatable bonds is 6. The summed E-state index contributed by atoms with van der Waals surface area (Å²) in [5.74, 6) is -1.85. The Labute approximate surface area is 152 Å². The fraction of sp³-hybridized carbons (Fsp3) is 0.125. The summed E-state index contributed by atoms with van der Waals surface area (Å²) in [6, 6.07) is 8.92. The first-order chi connectivity index (χ1) is 11.8. The minimum Gasteiger partial charge on any atom is -0.481 e. The molecule has 130 valence electrons. The highest BCUT2D eigenvalue weighted by molar-refractivity contribution is 6.39. The van der Waals surface area contributed by atoms with Crippen LogP contribution in [0.2, 0.25) is 10.0 Å². The van der Waals surface area contributed by atoms with E-state index in [9.17, 15) is 19.7 Å². The molecule has 0 aliphatic heterocycles. The number of non-ortho nitro benzene ring substituents is 1. The van der Waals surface area contributed by atoms with Crippen LogP contribution in [0.3, 0.4) is 0 Å². The summed E-state index contributed by atoms with van der Waals surface area (Å²) in [5, 5.41) is 22.7. The molecule has 2 aromatic rings. The molecule has 0 spiro atoms. The van der Waals surface area contributed by atoms with Crippen molar-refractivity contribution < 1.29 is 19.6 Å². The number of benzene rings is 2. The van der Waals surface area contributed by atoms with Gasteiger partial charge in [-0.05, 0) is 17.7 Å². The quantitative estimate of drug-likeness (QED) is 0.582. The number of hydrogen-bond donors (Lipinski definition) is 2. The smallest absolute Gasteiger partial charge is 0.305 e. The van der Waals surface area contributed by atoms with Gasteiger partial charge in [-0.25, -0.2) is 0 Å². The van der Waals surface area contributed by atoms with Gasteiger partial charge in [0.2, 0.25) is 0 Å². The lowest BCUT2D eigenvalue weighted by atomic mass is 10.0. The third-order valence-electron chi connectivity index (χ3n) is 3.36. The number of halogens is 2. The van der Waals surface area contributed by atoms with Gasteiger partial charge in [0.15, 0.2) is 0 Å². The Morgan fingerprint density at radius 2 is 1.76 bits per heavy atom. The summed E-state index contributed by atoms with van der Waals surface area (Å²) >= 11 is 12.0. The molecular formula is C16H12Cl2N2O5. The van der Waals surface area contributed by atoms with Crippen molar-refractivity contribution in [1.29, 1.82) is 0 Å². The van der Waals surface area contributed by atoms with Gasteiger partial charge < -0.3 is 10.4 Å². The monoisotopic (exact) mass is 382 g/mol. The summed E-state index contributed by atoms with van der Waals surface area (Å²) < 4.78 is 0. The molecule has 0 fully saturated rings. The molecule has 0 saturated heterocycles. The molecule has 2 rings (SSSR count). The molecular weight excluding hydrogens is 371 g/mol. The van der Waals surface area contributed by atoms with Crippen LogP contribution in [-0.2, 0) is 4.79 Å². The highest BCUT2D eigenvalue weighted by atomic mass is 35.5. The molecule has 1 amide bonds. The van der Waals surface area contributed by atoms with Crippen LogP contribution in [0, 0.1) is 10.1 Å². The van der Waals surface area contributed by atoms with Crippen molar-refractivity contribution in [3.05, 3.63) is 73.8 Å². The van der Waals surface area contributed by atoms with Crippen LogP contribution in [0.4, 0.5) is 5.69 Å². The van der Waals surface area contributed by atoms with Crippen molar-refractivity contribution in [2.75, 3.05) is 0 Å². The number of hydrogen-bond acceptors (Lipinski definition) is 4. The summed E-state index contributed by atoms with van der Waals surface area (Å²) in [7, 11) is 0. The van der Waals surface area contributed by atoms with Gasteiger partial charge in [0.25, 0.3) is 11.6 Å². The van der Waals surface area contributed by atoms with Gasteiger partial charge in [0, 0.05) is 12.1 Å². The molecule has 7 nitrogen and oxygen atoms in total. The maximum Gasteiger partial charge on any atom is 0.305 e. The number of nitrogens with zero attached hydrogens (tertiary/aromatic N) is 1. The van der Waals surface area contributed by atoms with Crippen LogP contribution in [-0.4, -0.2) is 21.9 Å². The van der Waals surface area contributed by atoms with E-state index in [0.717, 1.165) is 0 Å². The van der Waals surface area contributed by atoms with E-state index in [0.29, 0.717) is 0 Å². The van der Waals surface area contributed by atoms with Gasteiger partial charge in [0.05, 0.1) is 33.0 Å². The van der Waals surface area contributed by atoms with Crippen LogP contribution in [0.5, 0.6) is 0 Å². The van der Waals surface area contributed by atoms with E-state index >= 15 is 0 Å². The lowest BCUT2D eigenvalue weighted by Crippen LogP contribution is -2.30. The number of amides is 1. The summed E-state index contributed by atoms with van der Waals surface area (Å²) in [6.07, 6.45) is -0.463.